The maximum Gasteiger partial charge on any atom is 0.270 e. The first-order valence-corrected chi connectivity index (χ1v) is 20.2. The number of hydrogen-bond donors (Lipinski definition) is 2. The summed E-state index contributed by atoms with van der Waals surface area (Å²) in [5.74, 6) is 2.21. The molecule has 1 aromatic heterocycles. The second-order valence-corrected chi connectivity index (χ2v) is 13.9. The number of ether oxygens (including phenoxy) is 6. The van der Waals surface area contributed by atoms with Crippen molar-refractivity contribution >= 4 is 10.8 Å². The zero-order chi connectivity index (χ0) is 36.6. The molecule has 0 unspecified atom stereocenters. The van der Waals surface area contributed by atoms with Crippen molar-refractivity contribution in [3.8, 4) is 23.0 Å². The molecule has 2 heterocycles. The van der Waals surface area contributed by atoms with Crippen molar-refractivity contribution in [3.63, 3.8) is 0 Å². The third kappa shape index (κ3) is 14.5. The normalized spacial score (nSPS) is 14.6. The van der Waals surface area contributed by atoms with Gasteiger partial charge in [-0.05, 0) is 61.1 Å². The summed E-state index contributed by atoms with van der Waals surface area (Å²) in [4.78, 5) is 24.7. The number of nitrogens with one attached hydrogen (secondary N) is 2. The minimum Gasteiger partial charge on any atom is -0.487 e. The topological polar surface area (TPSA) is 121 Å². The van der Waals surface area contributed by atoms with E-state index in [2.05, 4.69) is 36.2 Å². The second-order valence-electron chi connectivity index (χ2n) is 13.9. The van der Waals surface area contributed by atoms with Gasteiger partial charge in [0.05, 0.1) is 37.2 Å². The van der Waals surface area contributed by atoms with Crippen molar-refractivity contribution in [3.05, 3.63) is 56.1 Å². The lowest BCUT2D eigenvalue weighted by molar-refractivity contribution is 0.0640. The molecule has 0 amide bonds. The molecule has 2 aromatic carbocycles. The molecule has 0 radical (unpaired) electrons. The Morgan fingerprint density at radius 2 is 0.731 bits per heavy atom. The van der Waals surface area contributed by atoms with Gasteiger partial charge in [-0.15, -0.1) is 0 Å². The molecule has 0 saturated carbocycles. The van der Waals surface area contributed by atoms with E-state index >= 15 is 0 Å². The number of unbranched alkanes of at least 4 members (excludes halogenated alkanes) is 14. The lowest BCUT2D eigenvalue weighted by Crippen LogP contribution is -2.20. The van der Waals surface area contributed by atoms with Crippen LogP contribution in [0.4, 0.5) is 0 Å². The zero-order valence-corrected chi connectivity index (χ0v) is 32.0. The lowest BCUT2D eigenvalue weighted by Gasteiger charge is -2.19. The van der Waals surface area contributed by atoms with Crippen molar-refractivity contribution in [2.45, 2.75) is 129 Å². The minimum atomic E-state index is -0.418. The highest BCUT2D eigenvalue weighted by Gasteiger charge is 2.15. The Morgan fingerprint density at radius 1 is 0.423 bits per heavy atom. The third-order valence-electron chi connectivity index (χ3n) is 9.67. The molecular weight excluding hydrogens is 660 g/mol. The summed E-state index contributed by atoms with van der Waals surface area (Å²) in [7, 11) is 0. The van der Waals surface area contributed by atoms with Crippen LogP contribution in [0.5, 0.6) is 23.0 Å². The molecule has 1 aliphatic heterocycles. The molecule has 290 valence electrons. The molecule has 1 aliphatic rings. The molecule has 52 heavy (non-hydrogen) atoms. The molecule has 0 fully saturated rings. The van der Waals surface area contributed by atoms with Crippen LogP contribution in [-0.2, 0) is 22.3 Å². The third-order valence-corrected chi connectivity index (χ3v) is 9.67. The van der Waals surface area contributed by atoms with Crippen LogP contribution in [0.3, 0.4) is 0 Å². The van der Waals surface area contributed by atoms with Crippen molar-refractivity contribution < 1.29 is 28.4 Å². The van der Waals surface area contributed by atoms with E-state index < -0.39 is 11.1 Å². The van der Waals surface area contributed by atoms with Crippen molar-refractivity contribution in [2.75, 3.05) is 52.9 Å². The van der Waals surface area contributed by atoms with Gasteiger partial charge in [-0.1, -0.05) is 104 Å². The molecule has 10 heteroatoms. The van der Waals surface area contributed by atoms with Gasteiger partial charge in [0.1, 0.15) is 26.4 Å². The number of rotatable bonds is 18. The van der Waals surface area contributed by atoms with Gasteiger partial charge in [-0.25, -0.2) is 0 Å². The SMILES string of the molecule is CCCCCCCCCCc1cc2c(cc1CCCCCCCCCC)OCCOCCOc1cc3c(=O)[nH][nH]c(=O)c3cc1OCCOCCO2. The number of aromatic nitrogens is 2. The minimum absolute atomic E-state index is 0.220. The van der Waals surface area contributed by atoms with Crippen molar-refractivity contribution in [1.82, 2.24) is 10.2 Å². The molecule has 0 saturated heterocycles. The Hall–Kier alpha value is -3.50. The summed E-state index contributed by atoms with van der Waals surface area (Å²) < 4.78 is 36.2. The molecule has 0 atom stereocenters. The first kappa shape index (κ1) is 41.3. The highest BCUT2D eigenvalue weighted by molar-refractivity contribution is 5.84. The Labute approximate surface area is 310 Å². The Kier molecular flexibility index (Phi) is 19.6. The van der Waals surface area contributed by atoms with E-state index in [0.717, 1.165) is 24.3 Å². The Balaban J connectivity index is 1.39. The lowest BCUT2D eigenvalue weighted by atomic mass is 9.95. The Morgan fingerprint density at radius 3 is 1.08 bits per heavy atom. The van der Waals surface area contributed by atoms with Crippen LogP contribution in [0.15, 0.2) is 33.9 Å². The van der Waals surface area contributed by atoms with E-state index in [-0.39, 0.29) is 24.0 Å². The standard InChI is InChI=1S/C42H64N2O8/c1-3-5-7-9-11-13-15-17-19-33-29-37-38(30-34(33)20-18-16-14-12-10-8-6-4-2)50-26-22-48-24-28-52-40-32-36-35(41(45)43-44-42(36)46)31-39(40)51-27-23-47-21-25-49-37/h29-32H,3-28H2,1-2H3,(H,43,45)(H,44,46). The first-order valence-electron chi connectivity index (χ1n) is 20.2. The van der Waals surface area contributed by atoms with E-state index in [0.29, 0.717) is 51.1 Å². The van der Waals surface area contributed by atoms with Gasteiger partial charge in [0, 0.05) is 0 Å². The van der Waals surface area contributed by atoms with Gasteiger partial charge in [0.25, 0.3) is 11.1 Å². The summed E-state index contributed by atoms with van der Waals surface area (Å²) >= 11 is 0. The molecule has 2 N–H and O–H groups in total. The van der Waals surface area contributed by atoms with E-state index in [1.165, 1.54) is 126 Å². The fraction of sp³-hybridized carbons (Fsp3) is 0.667. The van der Waals surface area contributed by atoms with Gasteiger partial charge < -0.3 is 28.4 Å². The Bertz CT molecular complexity index is 1440. The van der Waals surface area contributed by atoms with E-state index in [9.17, 15) is 9.59 Å². The molecule has 0 aliphatic carbocycles. The van der Waals surface area contributed by atoms with Crippen LogP contribution in [0.2, 0.25) is 0 Å². The molecule has 0 spiro atoms. The smallest absolute Gasteiger partial charge is 0.270 e. The van der Waals surface area contributed by atoms with Crippen LogP contribution >= 0.6 is 0 Å². The van der Waals surface area contributed by atoms with Gasteiger partial charge in [0.15, 0.2) is 23.0 Å². The number of H-pyrrole nitrogens is 2. The average molecular weight is 725 g/mol. The van der Waals surface area contributed by atoms with E-state index in [4.69, 9.17) is 28.4 Å². The maximum absolute atomic E-state index is 12.4. The van der Waals surface area contributed by atoms with Crippen LogP contribution in [0.1, 0.15) is 128 Å². The fourth-order valence-corrected chi connectivity index (χ4v) is 6.69. The highest BCUT2D eigenvalue weighted by atomic mass is 16.6. The van der Waals surface area contributed by atoms with Crippen molar-refractivity contribution in [2.24, 2.45) is 0 Å². The first-order chi connectivity index (χ1) is 25.6. The monoisotopic (exact) mass is 724 g/mol. The summed E-state index contributed by atoms with van der Waals surface area (Å²) in [6, 6.07) is 7.47. The largest absolute Gasteiger partial charge is 0.487 e. The summed E-state index contributed by atoms with van der Waals surface area (Å²) in [5, 5.41) is 5.15. The van der Waals surface area contributed by atoms with Gasteiger partial charge >= 0.3 is 0 Å². The highest BCUT2D eigenvalue weighted by Crippen LogP contribution is 2.34. The predicted octanol–water partition coefficient (Wildman–Crippen LogP) is 8.85. The van der Waals surface area contributed by atoms with Gasteiger partial charge in [-0.2, -0.15) is 0 Å². The van der Waals surface area contributed by atoms with Crippen LogP contribution in [-0.4, -0.2) is 63.1 Å². The fourth-order valence-electron chi connectivity index (χ4n) is 6.69. The quantitative estimate of drug-likeness (QED) is 0.125. The number of aromatic amines is 2. The van der Waals surface area contributed by atoms with E-state index in [1.54, 1.807) is 0 Å². The molecule has 4 rings (SSSR count). The van der Waals surface area contributed by atoms with Gasteiger partial charge in [-0.3, -0.25) is 19.8 Å². The molecule has 3 aromatic rings. The van der Waals surface area contributed by atoms with Crippen LogP contribution < -0.4 is 30.1 Å². The summed E-state index contributed by atoms with van der Waals surface area (Å²) in [5.41, 5.74) is 1.90. The second kappa shape index (κ2) is 24.7. The zero-order valence-electron chi connectivity index (χ0n) is 32.0. The maximum atomic E-state index is 12.4. The molecule has 10 nitrogen and oxygen atoms in total. The van der Waals surface area contributed by atoms with Crippen LogP contribution in [0, 0.1) is 0 Å². The van der Waals surface area contributed by atoms with E-state index in [1.807, 2.05) is 0 Å². The average Bonchev–Trinajstić information content (AvgIpc) is 3.15. The molecular formula is C42H64N2O8. The number of benzene rings is 2. The summed E-state index contributed by atoms with van der Waals surface area (Å²) in [6.45, 7) is 7.07. The summed E-state index contributed by atoms with van der Waals surface area (Å²) in [6.07, 6.45) is 22.9. The van der Waals surface area contributed by atoms with Crippen LogP contribution in [0.25, 0.3) is 10.8 Å². The van der Waals surface area contributed by atoms with Gasteiger partial charge in [0.2, 0.25) is 0 Å². The predicted molar refractivity (Wildman–Crippen MR) is 208 cm³/mol. The number of hydrogen-bond acceptors (Lipinski definition) is 8. The van der Waals surface area contributed by atoms with Crippen molar-refractivity contribution in [1.29, 1.82) is 0 Å². The number of fused-ring (bicyclic) bond motifs is 3. The molecule has 0 bridgehead atoms. The number of aryl methyl sites for hydroxylation is 2.